The minimum Gasteiger partial charge on any atom is -0.456 e. The fraction of sp³-hybridized carbons (Fsp3) is 1.00. The summed E-state index contributed by atoms with van der Waals surface area (Å²) < 4.78 is 30.5. The molecule has 0 fully saturated rings. The molecule has 0 heterocycles. The number of nitrogens with one attached hydrogen (secondary N) is 2. The second kappa shape index (κ2) is 19.2. The highest BCUT2D eigenvalue weighted by Gasteiger charge is 2.39. The molecule has 0 aliphatic carbocycles. The van der Waals surface area contributed by atoms with Crippen LogP contribution in [-0.2, 0) is 21.8 Å². The van der Waals surface area contributed by atoms with Crippen LogP contribution < -0.4 is 10.6 Å². The van der Waals surface area contributed by atoms with E-state index in [0.717, 1.165) is 38.0 Å². The highest BCUT2D eigenvalue weighted by Crippen LogP contribution is 2.25. The minimum absolute atomic E-state index is 0.255. The molecule has 0 spiro atoms. The second-order valence-electron chi connectivity index (χ2n) is 14.6. The summed E-state index contributed by atoms with van der Waals surface area (Å²) >= 11 is 0. The van der Waals surface area contributed by atoms with Crippen LogP contribution in [0.15, 0.2) is 0 Å². The topological polar surface area (TPSA) is 111 Å². The molecular formula is C26H66N2O7Si5. The Morgan fingerprint density at radius 1 is 0.550 bits per heavy atom. The molecule has 0 saturated carbocycles. The first-order valence-corrected chi connectivity index (χ1v) is 31.0. The van der Waals surface area contributed by atoms with Crippen LogP contribution in [0.1, 0.15) is 12.8 Å². The van der Waals surface area contributed by atoms with Gasteiger partial charge in [0.25, 0.3) is 0 Å². The number of hydrogen-bond donors (Lipinski definition) is 4. The maximum Gasteiger partial charge on any atom is 0.314 e. The summed E-state index contributed by atoms with van der Waals surface area (Å²) in [6.45, 7) is 30.9. The van der Waals surface area contributed by atoms with E-state index in [-0.39, 0.29) is 13.2 Å². The zero-order valence-corrected chi connectivity index (χ0v) is 33.1. The predicted molar refractivity (Wildman–Crippen MR) is 181 cm³/mol. The summed E-state index contributed by atoms with van der Waals surface area (Å²) in [5.41, 5.74) is 0. The number of hydrogen-bond acceptors (Lipinski definition) is 9. The van der Waals surface area contributed by atoms with E-state index in [9.17, 15) is 10.2 Å². The van der Waals surface area contributed by atoms with Gasteiger partial charge in [0.05, 0.1) is 38.6 Å². The van der Waals surface area contributed by atoms with E-state index >= 15 is 0 Å². The van der Waals surface area contributed by atoms with Gasteiger partial charge < -0.3 is 42.7 Å². The van der Waals surface area contributed by atoms with Gasteiger partial charge in [-0.15, -0.1) is 0 Å². The molecule has 0 aliphatic rings. The molecule has 9 nitrogen and oxygen atoms in total. The van der Waals surface area contributed by atoms with E-state index in [2.05, 4.69) is 89.2 Å². The van der Waals surface area contributed by atoms with E-state index in [1.807, 2.05) is 0 Å². The molecule has 0 rings (SSSR count). The molecule has 40 heavy (non-hydrogen) atoms. The van der Waals surface area contributed by atoms with Gasteiger partial charge in [0.2, 0.25) is 0 Å². The van der Waals surface area contributed by atoms with Crippen LogP contribution in [0.3, 0.4) is 0 Å². The highest BCUT2D eigenvalue weighted by atomic mass is 28.5. The van der Waals surface area contributed by atoms with Crippen molar-refractivity contribution in [1.82, 2.24) is 10.6 Å². The molecule has 0 aromatic carbocycles. The third-order valence-electron chi connectivity index (χ3n) is 5.50. The fourth-order valence-corrected chi connectivity index (χ4v) is 25.3. The highest BCUT2D eigenvalue weighted by molar-refractivity contribution is 6.87. The monoisotopic (exact) mass is 658 g/mol. The molecule has 0 aliphatic heterocycles. The Bertz CT molecular complexity index is 643. The van der Waals surface area contributed by atoms with Crippen molar-refractivity contribution < 1.29 is 32.0 Å². The Labute approximate surface area is 252 Å². The maximum absolute atomic E-state index is 10.2. The zero-order chi connectivity index (χ0) is 31.1. The predicted octanol–water partition coefficient (Wildman–Crippen LogP) is 4.53. The van der Waals surface area contributed by atoms with Crippen LogP contribution in [0.2, 0.25) is 90.7 Å². The molecule has 14 heteroatoms. The molecule has 2 atom stereocenters. The normalized spacial score (nSPS) is 15.4. The molecule has 242 valence electrons. The molecule has 2 unspecified atom stereocenters. The lowest BCUT2D eigenvalue weighted by Gasteiger charge is -2.38. The second-order valence-corrected chi connectivity index (χ2v) is 36.5. The number of ether oxygens (including phenoxy) is 2. The van der Waals surface area contributed by atoms with Crippen LogP contribution in [0.5, 0.6) is 0 Å². The van der Waals surface area contributed by atoms with E-state index in [1.165, 1.54) is 0 Å². The lowest BCUT2D eigenvalue weighted by Crippen LogP contribution is -2.52. The SMILES string of the molecule is C[Si](C)(C)O[Si](C)(C)CCCNCC(O)COCCOCC(O)CNCCC[Si](C)(O[Si](C)(C)C)O[Si](C)(C)C. The van der Waals surface area contributed by atoms with Gasteiger partial charge in [0, 0.05) is 13.1 Å². The average molecular weight is 659 g/mol. The molecule has 0 aromatic heterocycles. The largest absolute Gasteiger partial charge is 0.456 e. The zero-order valence-electron chi connectivity index (χ0n) is 28.1. The Kier molecular flexibility index (Phi) is 19.5. The first-order chi connectivity index (χ1) is 18.1. The molecule has 0 amide bonds. The fourth-order valence-electron chi connectivity index (χ4n) is 4.68. The van der Waals surface area contributed by atoms with Crippen LogP contribution in [0, 0.1) is 0 Å². The third kappa shape index (κ3) is 26.4. The van der Waals surface area contributed by atoms with Gasteiger partial charge >= 0.3 is 8.56 Å². The van der Waals surface area contributed by atoms with Crippen molar-refractivity contribution in [1.29, 1.82) is 0 Å². The first kappa shape index (κ1) is 40.7. The summed E-state index contributed by atoms with van der Waals surface area (Å²) in [4.78, 5) is 0. The summed E-state index contributed by atoms with van der Waals surface area (Å²) in [6.07, 6.45) is 0.904. The van der Waals surface area contributed by atoms with Crippen LogP contribution in [-0.4, -0.2) is 117 Å². The van der Waals surface area contributed by atoms with E-state index in [4.69, 9.17) is 21.8 Å². The number of aliphatic hydroxyl groups is 2. The van der Waals surface area contributed by atoms with Gasteiger partial charge in [-0.05, 0) is 117 Å². The smallest absolute Gasteiger partial charge is 0.314 e. The van der Waals surface area contributed by atoms with Crippen molar-refractivity contribution in [3.8, 4) is 0 Å². The molecule has 0 aromatic rings. The van der Waals surface area contributed by atoms with E-state index in [0.29, 0.717) is 26.3 Å². The Hall–Kier alpha value is 0.724. The van der Waals surface area contributed by atoms with E-state index < -0.39 is 54.0 Å². The summed E-state index contributed by atoms with van der Waals surface area (Å²) in [5, 5.41) is 26.9. The van der Waals surface area contributed by atoms with Gasteiger partial charge in [0.1, 0.15) is 0 Å². The lowest BCUT2D eigenvalue weighted by atomic mass is 10.3. The van der Waals surface area contributed by atoms with Crippen molar-refractivity contribution in [2.75, 3.05) is 52.6 Å². The lowest BCUT2D eigenvalue weighted by molar-refractivity contribution is -0.0160. The summed E-state index contributed by atoms with van der Waals surface area (Å²) in [5.74, 6) is 0. The molecular weight excluding hydrogens is 593 g/mol. The van der Waals surface area contributed by atoms with Crippen molar-refractivity contribution in [3.63, 3.8) is 0 Å². The summed E-state index contributed by atoms with van der Waals surface area (Å²) in [6, 6.07) is 2.07. The Balaban J connectivity index is 3.87. The Morgan fingerprint density at radius 2 is 0.925 bits per heavy atom. The quantitative estimate of drug-likeness (QED) is 0.0831. The first-order valence-electron chi connectivity index (χ1n) is 15.2. The molecule has 0 bridgehead atoms. The molecule has 0 radical (unpaired) electrons. The van der Waals surface area contributed by atoms with Gasteiger partial charge in [-0.1, -0.05) is 0 Å². The van der Waals surface area contributed by atoms with Gasteiger partial charge in [0.15, 0.2) is 33.3 Å². The summed E-state index contributed by atoms with van der Waals surface area (Å²) in [7, 11) is -8.65. The molecule has 0 saturated heterocycles. The van der Waals surface area contributed by atoms with Crippen LogP contribution in [0.4, 0.5) is 0 Å². The van der Waals surface area contributed by atoms with Crippen LogP contribution >= 0.6 is 0 Å². The number of aliphatic hydroxyl groups excluding tert-OH is 2. The standard InChI is InChI=1S/C26H66N2O7Si5/c1-36(2,3)33-39(10,11)19-13-15-27-21-25(29)23-31-17-18-32-24-26(30)22-28-16-14-20-40(12,34-37(4,5)6)35-38(7,8)9/h25-30H,13-24H2,1-12H3. The number of rotatable bonds is 25. The Morgan fingerprint density at radius 3 is 1.30 bits per heavy atom. The van der Waals surface area contributed by atoms with Crippen molar-refractivity contribution >= 4 is 41.8 Å². The van der Waals surface area contributed by atoms with Gasteiger partial charge in [-0.2, -0.15) is 0 Å². The molecule has 4 N–H and O–H groups in total. The van der Waals surface area contributed by atoms with Crippen molar-refractivity contribution in [2.45, 2.75) is 116 Å². The van der Waals surface area contributed by atoms with Gasteiger partial charge in [-0.25, -0.2) is 0 Å². The van der Waals surface area contributed by atoms with Crippen LogP contribution in [0.25, 0.3) is 0 Å². The minimum atomic E-state index is -2.21. The maximum atomic E-state index is 10.2. The van der Waals surface area contributed by atoms with E-state index in [1.54, 1.807) is 0 Å². The van der Waals surface area contributed by atoms with Crippen molar-refractivity contribution in [2.24, 2.45) is 0 Å². The average Bonchev–Trinajstić information content (AvgIpc) is 2.71. The van der Waals surface area contributed by atoms with Crippen molar-refractivity contribution in [3.05, 3.63) is 0 Å². The van der Waals surface area contributed by atoms with Gasteiger partial charge in [-0.3, -0.25) is 0 Å². The third-order valence-corrected chi connectivity index (χ3v) is 21.3.